The van der Waals surface area contributed by atoms with Crippen molar-refractivity contribution in [1.29, 1.82) is 0 Å². The number of nitrogens with one attached hydrogen (secondary N) is 2. The highest BCUT2D eigenvalue weighted by atomic mass is 16.3. The summed E-state index contributed by atoms with van der Waals surface area (Å²) in [6.45, 7) is 9.02. The third-order valence-electron chi connectivity index (χ3n) is 5.43. The molecule has 0 aliphatic heterocycles. The van der Waals surface area contributed by atoms with Gasteiger partial charge >= 0.3 is 0 Å². The molecule has 0 aliphatic rings. The van der Waals surface area contributed by atoms with Gasteiger partial charge in [-0.1, -0.05) is 12.1 Å². The number of aromatic hydroxyl groups is 1. The van der Waals surface area contributed by atoms with Crippen molar-refractivity contribution >= 4 is 33.6 Å². The van der Waals surface area contributed by atoms with Crippen LogP contribution in [0.25, 0.3) is 22.1 Å². The SMILES string of the molecule is CC[NH+](CC)Cc1cc(/C(C)=N/Nc2ncnc3c2oc2ccccc23)ccc1O. The smallest absolute Gasteiger partial charge is 0.197 e. The zero-order valence-corrected chi connectivity index (χ0v) is 17.4. The normalized spacial score (nSPS) is 12.2. The van der Waals surface area contributed by atoms with Crippen molar-refractivity contribution in [1.82, 2.24) is 9.97 Å². The number of para-hydroxylation sites is 1. The van der Waals surface area contributed by atoms with Gasteiger partial charge in [0.05, 0.1) is 18.8 Å². The van der Waals surface area contributed by atoms with E-state index < -0.39 is 0 Å². The third kappa shape index (κ3) is 3.84. The number of quaternary nitrogens is 1. The number of nitrogens with zero attached hydrogens (tertiary/aromatic N) is 3. The summed E-state index contributed by atoms with van der Waals surface area (Å²) in [5.74, 6) is 0.834. The van der Waals surface area contributed by atoms with Gasteiger partial charge in [-0.25, -0.2) is 9.97 Å². The average Bonchev–Trinajstić information content (AvgIpc) is 3.16. The zero-order chi connectivity index (χ0) is 21.1. The second kappa shape index (κ2) is 8.51. The van der Waals surface area contributed by atoms with E-state index in [1.54, 1.807) is 6.07 Å². The summed E-state index contributed by atoms with van der Waals surface area (Å²) in [6, 6.07) is 13.4. The number of furan rings is 1. The van der Waals surface area contributed by atoms with E-state index in [0.717, 1.165) is 53.0 Å². The van der Waals surface area contributed by atoms with E-state index in [1.165, 1.54) is 11.2 Å². The Morgan fingerprint density at radius 2 is 1.93 bits per heavy atom. The molecule has 7 nitrogen and oxygen atoms in total. The largest absolute Gasteiger partial charge is 0.507 e. The fourth-order valence-electron chi connectivity index (χ4n) is 3.53. The number of hydrogen-bond donors (Lipinski definition) is 3. The number of rotatable bonds is 7. The van der Waals surface area contributed by atoms with Gasteiger partial charge in [0.2, 0.25) is 0 Å². The van der Waals surface area contributed by atoms with E-state index in [0.29, 0.717) is 17.2 Å². The molecule has 7 heteroatoms. The monoisotopic (exact) mass is 404 g/mol. The minimum atomic E-state index is 0.318. The van der Waals surface area contributed by atoms with Gasteiger partial charge in [0.1, 0.15) is 29.7 Å². The average molecular weight is 404 g/mol. The van der Waals surface area contributed by atoms with E-state index in [-0.39, 0.29) is 0 Å². The Morgan fingerprint density at radius 3 is 2.73 bits per heavy atom. The molecule has 4 aromatic rings. The van der Waals surface area contributed by atoms with Crippen molar-refractivity contribution in [2.75, 3.05) is 18.5 Å². The molecule has 0 fully saturated rings. The van der Waals surface area contributed by atoms with Crippen LogP contribution in [0.1, 0.15) is 31.9 Å². The minimum absolute atomic E-state index is 0.318. The Bertz CT molecular complexity index is 1210. The molecule has 0 radical (unpaired) electrons. The Balaban J connectivity index is 1.62. The molecule has 0 atom stereocenters. The van der Waals surface area contributed by atoms with Gasteiger partial charge in [-0.15, -0.1) is 0 Å². The lowest BCUT2D eigenvalue weighted by atomic mass is 10.1. The summed E-state index contributed by atoms with van der Waals surface area (Å²) in [6.07, 6.45) is 1.50. The molecule has 0 saturated carbocycles. The second-order valence-electron chi connectivity index (χ2n) is 7.28. The van der Waals surface area contributed by atoms with E-state index in [2.05, 4.69) is 34.3 Å². The summed E-state index contributed by atoms with van der Waals surface area (Å²) >= 11 is 0. The quantitative estimate of drug-likeness (QED) is 0.325. The highest BCUT2D eigenvalue weighted by Gasteiger charge is 2.13. The molecule has 154 valence electrons. The molecule has 2 aromatic heterocycles. The summed E-state index contributed by atoms with van der Waals surface area (Å²) < 4.78 is 5.93. The number of phenolic OH excluding ortho intramolecular Hbond substituents is 1. The number of phenols is 1. The van der Waals surface area contributed by atoms with Crippen LogP contribution >= 0.6 is 0 Å². The Kier molecular flexibility index (Phi) is 5.63. The van der Waals surface area contributed by atoms with Crippen LogP contribution in [0.4, 0.5) is 5.82 Å². The first-order valence-corrected chi connectivity index (χ1v) is 10.2. The molecule has 0 amide bonds. The number of aromatic nitrogens is 2. The summed E-state index contributed by atoms with van der Waals surface area (Å²) in [4.78, 5) is 10.1. The molecule has 0 bridgehead atoms. The highest BCUT2D eigenvalue weighted by Crippen LogP contribution is 2.30. The van der Waals surface area contributed by atoms with Crippen molar-refractivity contribution in [3.05, 3.63) is 59.9 Å². The molecule has 0 saturated heterocycles. The molecule has 2 heterocycles. The lowest BCUT2D eigenvalue weighted by Gasteiger charge is -2.16. The predicted octanol–water partition coefficient (Wildman–Crippen LogP) is 3.34. The van der Waals surface area contributed by atoms with Crippen molar-refractivity contribution in [3.8, 4) is 5.75 Å². The number of hydrogen-bond acceptors (Lipinski definition) is 6. The minimum Gasteiger partial charge on any atom is -0.507 e. The Hall–Kier alpha value is -3.45. The van der Waals surface area contributed by atoms with Crippen molar-refractivity contribution < 1.29 is 14.4 Å². The lowest BCUT2D eigenvalue weighted by molar-refractivity contribution is -0.910. The molecule has 2 aromatic carbocycles. The van der Waals surface area contributed by atoms with Crippen LogP contribution in [-0.4, -0.2) is 33.9 Å². The number of benzene rings is 2. The Labute approximate surface area is 175 Å². The maximum atomic E-state index is 10.3. The van der Waals surface area contributed by atoms with Gasteiger partial charge in [0.15, 0.2) is 11.4 Å². The highest BCUT2D eigenvalue weighted by molar-refractivity contribution is 6.05. The maximum absolute atomic E-state index is 10.3. The molecule has 0 unspecified atom stereocenters. The first kappa shape index (κ1) is 19.8. The van der Waals surface area contributed by atoms with Crippen molar-refractivity contribution in [2.24, 2.45) is 5.10 Å². The summed E-state index contributed by atoms with van der Waals surface area (Å²) in [7, 11) is 0. The van der Waals surface area contributed by atoms with Crippen LogP contribution in [0.15, 0.2) is 58.3 Å². The molecule has 0 spiro atoms. The lowest BCUT2D eigenvalue weighted by Crippen LogP contribution is -3.10. The van der Waals surface area contributed by atoms with Gasteiger partial charge in [0, 0.05) is 10.9 Å². The van der Waals surface area contributed by atoms with Crippen molar-refractivity contribution in [2.45, 2.75) is 27.3 Å². The first-order chi connectivity index (χ1) is 14.6. The van der Waals surface area contributed by atoms with E-state index in [4.69, 9.17) is 4.42 Å². The van der Waals surface area contributed by atoms with Crippen molar-refractivity contribution in [3.63, 3.8) is 0 Å². The Morgan fingerprint density at radius 1 is 1.13 bits per heavy atom. The van der Waals surface area contributed by atoms with E-state index >= 15 is 0 Å². The van der Waals surface area contributed by atoms with Crippen LogP contribution in [0, 0.1) is 0 Å². The number of anilines is 1. The fraction of sp³-hybridized carbons (Fsp3) is 0.261. The second-order valence-corrected chi connectivity index (χ2v) is 7.28. The third-order valence-corrected chi connectivity index (χ3v) is 5.43. The topological polar surface area (TPSA) is 88.0 Å². The van der Waals surface area contributed by atoms with Gasteiger partial charge in [-0.2, -0.15) is 5.10 Å². The van der Waals surface area contributed by atoms with Crippen LogP contribution in [0.2, 0.25) is 0 Å². The van der Waals surface area contributed by atoms with Crippen LogP contribution in [0.5, 0.6) is 5.75 Å². The van der Waals surface area contributed by atoms with Crippen LogP contribution in [-0.2, 0) is 6.54 Å². The van der Waals surface area contributed by atoms with Gasteiger partial charge in [-0.05, 0) is 56.7 Å². The van der Waals surface area contributed by atoms with E-state index in [9.17, 15) is 5.11 Å². The number of hydrazone groups is 1. The fourth-order valence-corrected chi connectivity index (χ4v) is 3.53. The van der Waals surface area contributed by atoms with Gasteiger partial charge in [-0.3, -0.25) is 5.43 Å². The van der Waals surface area contributed by atoms with Crippen LogP contribution < -0.4 is 10.3 Å². The molecule has 30 heavy (non-hydrogen) atoms. The van der Waals surface area contributed by atoms with Crippen LogP contribution in [0.3, 0.4) is 0 Å². The summed E-state index contributed by atoms with van der Waals surface area (Å²) in [5.41, 5.74) is 7.76. The molecule has 0 aliphatic carbocycles. The number of fused-ring (bicyclic) bond motifs is 3. The maximum Gasteiger partial charge on any atom is 0.197 e. The standard InChI is InChI=1S/C23H25N5O2/c1-4-28(5-2)13-17-12-16(10-11-19(17)29)15(3)26-27-23-22-21(24-14-25-23)18-8-6-7-9-20(18)30-22/h6-12,14,29H,4-5,13H2,1-3H3,(H,24,25,27)/p+1/b26-15+. The molecule has 3 N–H and O–H groups in total. The molecular formula is C23H26N5O2+. The van der Waals surface area contributed by atoms with Gasteiger partial charge in [0.25, 0.3) is 0 Å². The predicted molar refractivity (Wildman–Crippen MR) is 119 cm³/mol. The first-order valence-electron chi connectivity index (χ1n) is 10.2. The zero-order valence-electron chi connectivity index (χ0n) is 17.4. The molecule has 4 rings (SSSR count). The summed E-state index contributed by atoms with van der Waals surface area (Å²) in [5, 5.41) is 15.7. The molecular weight excluding hydrogens is 378 g/mol. The van der Waals surface area contributed by atoms with E-state index in [1.807, 2.05) is 43.3 Å². The van der Waals surface area contributed by atoms with Gasteiger partial charge < -0.3 is 14.4 Å².